The Labute approximate surface area is 73.3 Å². The number of fused-ring (bicyclic) bond motifs is 1. The van der Waals surface area contributed by atoms with Crippen molar-refractivity contribution in [3.8, 4) is 0 Å². The number of para-hydroxylation sites is 1. The Bertz CT molecular complexity index is 412. The van der Waals surface area contributed by atoms with Crippen LogP contribution in [0.4, 0.5) is 6.01 Å². The van der Waals surface area contributed by atoms with Gasteiger partial charge in [-0.25, -0.2) is 5.84 Å². The van der Waals surface area contributed by atoms with Crippen LogP contribution in [0.25, 0.3) is 11.1 Å². The molecule has 0 saturated heterocycles. The molecular formula is C7H6ClN3O. The highest BCUT2D eigenvalue weighted by atomic mass is 35.5. The van der Waals surface area contributed by atoms with Gasteiger partial charge in [0.2, 0.25) is 0 Å². The number of anilines is 1. The van der Waals surface area contributed by atoms with Gasteiger partial charge in [-0.1, -0.05) is 17.7 Å². The van der Waals surface area contributed by atoms with E-state index >= 15 is 0 Å². The van der Waals surface area contributed by atoms with Crippen LogP contribution in [-0.2, 0) is 0 Å². The summed E-state index contributed by atoms with van der Waals surface area (Å²) in [6.07, 6.45) is 0. The molecule has 0 saturated carbocycles. The summed E-state index contributed by atoms with van der Waals surface area (Å²) in [7, 11) is 0. The molecule has 62 valence electrons. The fourth-order valence-corrected chi connectivity index (χ4v) is 1.18. The molecule has 5 heteroatoms. The highest BCUT2D eigenvalue weighted by Gasteiger charge is 2.06. The summed E-state index contributed by atoms with van der Waals surface area (Å²) in [6.45, 7) is 0. The SMILES string of the molecule is NNc1nc2c(Cl)cccc2o1. The van der Waals surface area contributed by atoms with Crippen molar-refractivity contribution in [3.05, 3.63) is 23.2 Å². The molecule has 0 unspecified atom stereocenters. The predicted octanol–water partition coefficient (Wildman–Crippen LogP) is 1.77. The monoisotopic (exact) mass is 183 g/mol. The second-order valence-electron chi connectivity index (χ2n) is 2.25. The lowest BCUT2D eigenvalue weighted by atomic mass is 10.3. The Morgan fingerprint density at radius 3 is 3.00 bits per heavy atom. The predicted molar refractivity (Wildman–Crippen MR) is 46.8 cm³/mol. The van der Waals surface area contributed by atoms with Gasteiger partial charge in [0.05, 0.1) is 5.02 Å². The van der Waals surface area contributed by atoms with E-state index < -0.39 is 0 Å². The molecule has 0 fully saturated rings. The zero-order valence-corrected chi connectivity index (χ0v) is 6.80. The Kier molecular flexibility index (Phi) is 1.64. The molecule has 4 nitrogen and oxygen atoms in total. The van der Waals surface area contributed by atoms with Crippen molar-refractivity contribution >= 4 is 28.7 Å². The van der Waals surface area contributed by atoms with Crippen molar-refractivity contribution in [2.24, 2.45) is 5.84 Å². The van der Waals surface area contributed by atoms with Crippen LogP contribution in [0.15, 0.2) is 22.6 Å². The van der Waals surface area contributed by atoms with Crippen LogP contribution in [0.5, 0.6) is 0 Å². The van der Waals surface area contributed by atoms with Crippen LogP contribution >= 0.6 is 11.6 Å². The van der Waals surface area contributed by atoms with Crippen LogP contribution in [0.2, 0.25) is 5.02 Å². The molecule has 12 heavy (non-hydrogen) atoms. The third-order valence-corrected chi connectivity index (χ3v) is 1.80. The zero-order valence-electron chi connectivity index (χ0n) is 6.04. The number of oxazole rings is 1. The van der Waals surface area contributed by atoms with Gasteiger partial charge in [-0.05, 0) is 12.1 Å². The molecule has 0 aliphatic carbocycles. The molecule has 0 atom stereocenters. The van der Waals surface area contributed by atoms with Gasteiger partial charge in [0.15, 0.2) is 5.58 Å². The maximum atomic E-state index is 5.84. The Balaban J connectivity index is 2.74. The number of nitrogen functional groups attached to an aromatic ring is 1. The number of hydrogen-bond acceptors (Lipinski definition) is 4. The molecule has 1 heterocycles. The van der Waals surface area contributed by atoms with Crippen LogP contribution in [0.1, 0.15) is 0 Å². The Hall–Kier alpha value is -1.26. The Morgan fingerprint density at radius 1 is 1.50 bits per heavy atom. The summed E-state index contributed by atoms with van der Waals surface area (Å²) in [5, 5.41) is 0.553. The second-order valence-corrected chi connectivity index (χ2v) is 2.66. The van der Waals surface area contributed by atoms with Gasteiger partial charge in [-0.15, -0.1) is 0 Å². The summed E-state index contributed by atoms with van der Waals surface area (Å²) in [5.74, 6) is 5.11. The van der Waals surface area contributed by atoms with Crippen LogP contribution in [0, 0.1) is 0 Å². The Morgan fingerprint density at radius 2 is 2.33 bits per heavy atom. The van der Waals surface area contributed by atoms with Crippen molar-refractivity contribution in [1.82, 2.24) is 4.98 Å². The standard InChI is InChI=1S/C7H6ClN3O/c8-4-2-1-3-5-6(4)10-7(11-9)12-5/h1-3H,9H2,(H,10,11). The summed E-state index contributed by atoms with van der Waals surface area (Å²) in [5.41, 5.74) is 3.55. The van der Waals surface area contributed by atoms with Gasteiger partial charge in [0, 0.05) is 0 Å². The molecule has 0 amide bonds. The molecule has 0 spiro atoms. The lowest BCUT2D eigenvalue weighted by molar-refractivity contribution is 0.617. The van der Waals surface area contributed by atoms with Crippen LogP contribution in [0.3, 0.4) is 0 Å². The molecule has 0 aliphatic rings. The van der Waals surface area contributed by atoms with Gasteiger partial charge >= 0.3 is 6.01 Å². The van der Waals surface area contributed by atoms with E-state index in [1.165, 1.54) is 0 Å². The van der Waals surface area contributed by atoms with Crippen LogP contribution in [-0.4, -0.2) is 4.98 Å². The van der Waals surface area contributed by atoms with Crippen LogP contribution < -0.4 is 11.3 Å². The van der Waals surface area contributed by atoms with Crippen molar-refractivity contribution in [3.63, 3.8) is 0 Å². The van der Waals surface area contributed by atoms with E-state index in [2.05, 4.69) is 10.4 Å². The maximum absolute atomic E-state index is 5.84. The number of benzene rings is 1. The number of hydrogen-bond donors (Lipinski definition) is 2. The minimum absolute atomic E-state index is 0.262. The molecule has 1 aromatic heterocycles. The van der Waals surface area contributed by atoms with E-state index in [9.17, 15) is 0 Å². The molecule has 0 radical (unpaired) electrons. The average Bonchev–Trinajstić information content (AvgIpc) is 2.49. The van der Waals surface area contributed by atoms with Gasteiger partial charge in [-0.3, -0.25) is 5.43 Å². The third-order valence-electron chi connectivity index (χ3n) is 1.49. The summed E-state index contributed by atoms with van der Waals surface area (Å²) in [6, 6.07) is 5.57. The van der Waals surface area contributed by atoms with Gasteiger partial charge in [0.1, 0.15) is 5.52 Å². The van der Waals surface area contributed by atoms with Gasteiger partial charge < -0.3 is 4.42 Å². The van der Waals surface area contributed by atoms with E-state index in [0.29, 0.717) is 16.1 Å². The fourth-order valence-electron chi connectivity index (χ4n) is 0.977. The number of rotatable bonds is 1. The lowest BCUT2D eigenvalue weighted by Gasteiger charge is -1.86. The van der Waals surface area contributed by atoms with E-state index in [0.717, 1.165) is 0 Å². The zero-order chi connectivity index (χ0) is 8.55. The largest absolute Gasteiger partial charge is 0.423 e. The second kappa shape index (κ2) is 2.66. The summed E-state index contributed by atoms with van der Waals surface area (Å²) >= 11 is 5.84. The quantitative estimate of drug-likeness (QED) is 0.523. The van der Waals surface area contributed by atoms with Crippen molar-refractivity contribution in [1.29, 1.82) is 0 Å². The normalized spacial score (nSPS) is 10.5. The number of nitrogens with two attached hydrogens (primary N) is 1. The van der Waals surface area contributed by atoms with E-state index in [4.69, 9.17) is 21.9 Å². The summed E-state index contributed by atoms with van der Waals surface area (Å²) in [4.78, 5) is 4.00. The fraction of sp³-hybridized carbons (Fsp3) is 0. The number of hydrazine groups is 1. The van der Waals surface area contributed by atoms with Gasteiger partial charge in [-0.2, -0.15) is 4.98 Å². The topological polar surface area (TPSA) is 64.1 Å². The molecule has 0 aliphatic heterocycles. The first-order valence-electron chi connectivity index (χ1n) is 3.33. The third kappa shape index (κ3) is 1.01. The number of nitrogens with zero attached hydrogens (tertiary/aromatic N) is 1. The summed E-state index contributed by atoms with van der Waals surface area (Å²) < 4.78 is 5.17. The highest BCUT2D eigenvalue weighted by molar-refractivity contribution is 6.34. The smallest absolute Gasteiger partial charge is 0.310 e. The molecule has 0 bridgehead atoms. The molecule has 3 N–H and O–H groups in total. The number of aromatic nitrogens is 1. The molecule has 2 aromatic rings. The van der Waals surface area contributed by atoms with Crippen molar-refractivity contribution < 1.29 is 4.42 Å². The maximum Gasteiger partial charge on any atom is 0.310 e. The number of halogens is 1. The average molecular weight is 184 g/mol. The first kappa shape index (κ1) is 7.39. The van der Waals surface area contributed by atoms with Gasteiger partial charge in [0.25, 0.3) is 0 Å². The van der Waals surface area contributed by atoms with E-state index in [-0.39, 0.29) is 6.01 Å². The minimum atomic E-state index is 0.262. The minimum Gasteiger partial charge on any atom is -0.423 e. The van der Waals surface area contributed by atoms with E-state index in [1.54, 1.807) is 18.2 Å². The lowest BCUT2D eigenvalue weighted by Crippen LogP contribution is -2.06. The van der Waals surface area contributed by atoms with Crippen molar-refractivity contribution in [2.75, 3.05) is 5.43 Å². The molecule has 1 aromatic carbocycles. The molecule has 2 rings (SSSR count). The highest BCUT2D eigenvalue weighted by Crippen LogP contribution is 2.24. The first-order valence-corrected chi connectivity index (χ1v) is 3.71. The number of nitrogens with one attached hydrogen (secondary N) is 1. The van der Waals surface area contributed by atoms with E-state index in [1.807, 2.05) is 0 Å². The van der Waals surface area contributed by atoms with Crippen molar-refractivity contribution in [2.45, 2.75) is 0 Å². The first-order chi connectivity index (χ1) is 5.81. The molecular weight excluding hydrogens is 178 g/mol.